The molecule has 1 amide bonds. The number of rotatable bonds is 3. The summed E-state index contributed by atoms with van der Waals surface area (Å²) in [4.78, 5) is 12.3. The number of nitrogens with one attached hydrogen (secondary N) is 1. The Balaban J connectivity index is 1.65. The standard InChI is InChI=1S/C17H21NO3/c19-16(12-3-4-12)18-17(7-1-2-8-17)13-5-6-14-15(11-13)21-10-9-20-14/h5-6,11-12H,1-4,7-10H2,(H,18,19). The molecule has 1 aromatic carbocycles. The Bertz CT molecular complexity index is 559. The van der Waals surface area contributed by atoms with Gasteiger partial charge in [0, 0.05) is 5.92 Å². The Morgan fingerprint density at radius 1 is 1.10 bits per heavy atom. The minimum atomic E-state index is -0.199. The average molecular weight is 287 g/mol. The van der Waals surface area contributed by atoms with Gasteiger partial charge in [-0.3, -0.25) is 4.79 Å². The molecule has 0 saturated heterocycles. The van der Waals surface area contributed by atoms with E-state index in [9.17, 15) is 4.79 Å². The Morgan fingerprint density at radius 3 is 2.52 bits per heavy atom. The van der Waals surface area contributed by atoms with Gasteiger partial charge in [-0.2, -0.15) is 0 Å². The minimum absolute atomic E-state index is 0.199. The topological polar surface area (TPSA) is 47.6 Å². The first-order valence-corrected chi connectivity index (χ1v) is 7.99. The molecule has 0 atom stereocenters. The van der Waals surface area contributed by atoms with Gasteiger partial charge < -0.3 is 14.8 Å². The molecule has 0 bridgehead atoms. The van der Waals surface area contributed by atoms with Gasteiger partial charge in [0.2, 0.25) is 5.91 Å². The Morgan fingerprint density at radius 2 is 1.81 bits per heavy atom. The summed E-state index contributed by atoms with van der Waals surface area (Å²) in [7, 11) is 0. The van der Waals surface area contributed by atoms with Crippen LogP contribution in [0.15, 0.2) is 18.2 Å². The molecule has 3 aliphatic rings. The van der Waals surface area contributed by atoms with Crippen LogP contribution in [-0.2, 0) is 10.3 Å². The van der Waals surface area contributed by atoms with Crippen molar-refractivity contribution >= 4 is 5.91 Å². The first kappa shape index (κ1) is 13.0. The minimum Gasteiger partial charge on any atom is -0.486 e. The summed E-state index contributed by atoms with van der Waals surface area (Å²) in [5.74, 6) is 2.10. The largest absolute Gasteiger partial charge is 0.486 e. The number of carbonyl (C=O) groups is 1. The maximum absolute atomic E-state index is 12.3. The lowest BCUT2D eigenvalue weighted by molar-refractivity contribution is -0.124. The third kappa shape index (κ3) is 2.37. The van der Waals surface area contributed by atoms with E-state index in [1.165, 1.54) is 18.4 Å². The number of amides is 1. The maximum atomic E-state index is 12.3. The normalized spacial score (nSPS) is 22.9. The molecule has 1 heterocycles. The molecule has 4 rings (SSSR count). The van der Waals surface area contributed by atoms with Gasteiger partial charge in [0.15, 0.2) is 11.5 Å². The summed E-state index contributed by atoms with van der Waals surface area (Å²) in [5, 5.41) is 3.34. The number of carbonyl (C=O) groups excluding carboxylic acids is 1. The molecule has 4 heteroatoms. The van der Waals surface area contributed by atoms with Crippen molar-refractivity contribution in [3.8, 4) is 11.5 Å². The van der Waals surface area contributed by atoms with E-state index in [0.717, 1.165) is 37.2 Å². The maximum Gasteiger partial charge on any atom is 0.223 e. The summed E-state index contributed by atoms with van der Waals surface area (Å²) < 4.78 is 11.3. The van der Waals surface area contributed by atoms with E-state index < -0.39 is 0 Å². The zero-order chi connectivity index (χ0) is 14.3. The van der Waals surface area contributed by atoms with Crippen molar-refractivity contribution in [2.75, 3.05) is 13.2 Å². The zero-order valence-corrected chi connectivity index (χ0v) is 12.2. The van der Waals surface area contributed by atoms with Gasteiger partial charge in [-0.05, 0) is 43.4 Å². The Labute approximate surface area is 124 Å². The highest BCUT2D eigenvalue weighted by molar-refractivity contribution is 5.82. The fraction of sp³-hybridized carbons (Fsp3) is 0.588. The molecule has 4 nitrogen and oxygen atoms in total. The van der Waals surface area contributed by atoms with Crippen LogP contribution in [0.1, 0.15) is 44.1 Å². The monoisotopic (exact) mass is 287 g/mol. The van der Waals surface area contributed by atoms with Gasteiger partial charge in [0.1, 0.15) is 13.2 Å². The Hall–Kier alpha value is -1.71. The second-order valence-corrected chi connectivity index (χ2v) is 6.41. The van der Waals surface area contributed by atoms with Gasteiger partial charge >= 0.3 is 0 Å². The molecule has 2 saturated carbocycles. The quantitative estimate of drug-likeness (QED) is 0.930. The summed E-state index contributed by atoms with van der Waals surface area (Å²) in [6.07, 6.45) is 6.46. The van der Waals surface area contributed by atoms with Crippen molar-refractivity contribution in [1.29, 1.82) is 0 Å². The molecule has 1 N–H and O–H groups in total. The van der Waals surface area contributed by atoms with Gasteiger partial charge in [-0.15, -0.1) is 0 Å². The second kappa shape index (κ2) is 4.93. The molecule has 2 aliphatic carbocycles. The van der Waals surface area contributed by atoms with Crippen LogP contribution in [0.5, 0.6) is 11.5 Å². The zero-order valence-electron chi connectivity index (χ0n) is 12.2. The van der Waals surface area contributed by atoms with E-state index in [4.69, 9.17) is 9.47 Å². The van der Waals surface area contributed by atoms with Crippen molar-refractivity contribution in [2.45, 2.75) is 44.1 Å². The van der Waals surface area contributed by atoms with Crippen molar-refractivity contribution in [1.82, 2.24) is 5.32 Å². The first-order chi connectivity index (χ1) is 10.3. The molecule has 1 aromatic rings. The van der Waals surface area contributed by atoms with Crippen LogP contribution in [-0.4, -0.2) is 19.1 Å². The molecule has 0 radical (unpaired) electrons. The number of hydrogen-bond acceptors (Lipinski definition) is 3. The molecule has 112 valence electrons. The third-order valence-corrected chi connectivity index (χ3v) is 4.86. The molecule has 21 heavy (non-hydrogen) atoms. The number of benzene rings is 1. The molecular formula is C17H21NO3. The average Bonchev–Trinajstić information content (AvgIpc) is 3.27. The van der Waals surface area contributed by atoms with E-state index in [2.05, 4.69) is 17.4 Å². The van der Waals surface area contributed by atoms with Crippen molar-refractivity contribution in [3.63, 3.8) is 0 Å². The predicted octanol–water partition coefficient (Wildman–Crippen LogP) is 2.75. The van der Waals surface area contributed by atoms with Crippen molar-refractivity contribution < 1.29 is 14.3 Å². The highest BCUT2D eigenvalue weighted by atomic mass is 16.6. The van der Waals surface area contributed by atoms with Gasteiger partial charge in [-0.25, -0.2) is 0 Å². The van der Waals surface area contributed by atoms with Crippen LogP contribution in [0.3, 0.4) is 0 Å². The lowest BCUT2D eigenvalue weighted by atomic mass is 9.87. The molecule has 0 spiro atoms. The number of fused-ring (bicyclic) bond motifs is 1. The van der Waals surface area contributed by atoms with Crippen LogP contribution < -0.4 is 14.8 Å². The Kier molecular flexibility index (Phi) is 3.05. The smallest absolute Gasteiger partial charge is 0.223 e. The highest BCUT2D eigenvalue weighted by Crippen LogP contribution is 2.43. The SMILES string of the molecule is O=C(NC1(c2ccc3c(c2)OCCO3)CCCC1)C1CC1. The fourth-order valence-corrected chi connectivity index (χ4v) is 3.49. The number of hydrogen-bond donors (Lipinski definition) is 1. The van der Waals surface area contributed by atoms with E-state index in [-0.39, 0.29) is 17.4 Å². The lowest BCUT2D eigenvalue weighted by Gasteiger charge is -2.32. The summed E-state index contributed by atoms with van der Waals surface area (Å²) in [6.45, 7) is 1.20. The van der Waals surface area contributed by atoms with Crippen LogP contribution in [0.4, 0.5) is 0 Å². The molecular weight excluding hydrogens is 266 g/mol. The van der Waals surface area contributed by atoms with Gasteiger partial charge in [0.25, 0.3) is 0 Å². The van der Waals surface area contributed by atoms with Gasteiger partial charge in [0.05, 0.1) is 5.54 Å². The molecule has 2 fully saturated rings. The second-order valence-electron chi connectivity index (χ2n) is 6.41. The third-order valence-electron chi connectivity index (χ3n) is 4.86. The fourth-order valence-electron chi connectivity index (χ4n) is 3.49. The van der Waals surface area contributed by atoms with Crippen LogP contribution in [0.2, 0.25) is 0 Å². The first-order valence-electron chi connectivity index (χ1n) is 7.99. The molecule has 1 aliphatic heterocycles. The van der Waals surface area contributed by atoms with E-state index in [1.807, 2.05) is 6.07 Å². The van der Waals surface area contributed by atoms with E-state index in [1.54, 1.807) is 0 Å². The van der Waals surface area contributed by atoms with E-state index in [0.29, 0.717) is 13.2 Å². The highest BCUT2D eigenvalue weighted by Gasteiger charge is 2.41. The van der Waals surface area contributed by atoms with Crippen LogP contribution >= 0.6 is 0 Å². The molecule has 0 unspecified atom stereocenters. The predicted molar refractivity (Wildman–Crippen MR) is 78.4 cm³/mol. The molecule has 0 aromatic heterocycles. The van der Waals surface area contributed by atoms with Crippen molar-refractivity contribution in [3.05, 3.63) is 23.8 Å². The van der Waals surface area contributed by atoms with Crippen LogP contribution in [0, 0.1) is 5.92 Å². The van der Waals surface area contributed by atoms with Crippen LogP contribution in [0.25, 0.3) is 0 Å². The summed E-state index contributed by atoms with van der Waals surface area (Å²) in [5.41, 5.74) is 0.966. The summed E-state index contributed by atoms with van der Waals surface area (Å²) >= 11 is 0. The lowest BCUT2D eigenvalue weighted by Crippen LogP contribution is -2.44. The van der Waals surface area contributed by atoms with E-state index >= 15 is 0 Å². The van der Waals surface area contributed by atoms with Gasteiger partial charge in [-0.1, -0.05) is 18.9 Å². The number of ether oxygens (including phenoxy) is 2. The van der Waals surface area contributed by atoms with Crippen molar-refractivity contribution in [2.24, 2.45) is 5.92 Å². The summed E-state index contributed by atoms with van der Waals surface area (Å²) in [6, 6.07) is 6.13.